The zero-order valence-electron chi connectivity index (χ0n) is 5.44. The molecule has 0 saturated carbocycles. The smallest absolute Gasteiger partial charge is 0.300 e. The van der Waals surface area contributed by atoms with Crippen LogP contribution in [0.15, 0.2) is 0 Å². The zero-order chi connectivity index (χ0) is 8.69. The molecule has 0 rings (SSSR count). The number of rotatable bonds is 4. The molecule has 11 heavy (non-hydrogen) atoms. The van der Waals surface area contributed by atoms with E-state index in [4.69, 9.17) is 10.5 Å². The highest BCUT2D eigenvalue weighted by molar-refractivity contribution is 5.74. The summed E-state index contributed by atoms with van der Waals surface area (Å²) in [6.07, 6.45) is 0. The third-order valence-electron chi connectivity index (χ3n) is 0.742. The van der Waals surface area contributed by atoms with Crippen LogP contribution in [0.3, 0.4) is 0 Å². The van der Waals surface area contributed by atoms with Crippen molar-refractivity contribution in [3.63, 3.8) is 0 Å². The van der Waals surface area contributed by atoms with Crippen LogP contribution in [-0.2, 0) is 19.4 Å². The fourth-order valence-electron chi connectivity index (χ4n) is 0.331. The second kappa shape index (κ2) is 5.59. The Hall–Kier alpha value is -1.18. The molecule has 0 atom stereocenters. The molecule has 7 heteroatoms. The maximum atomic E-state index is 10.1. The molecule has 7 nitrogen and oxygen atoms in total. The first-order valence-electron chi connectivity index (χ1n) is 2.60. The van der Waals surface area contributed by atoms with Crippen LogP contribution in [0, 0.1) is 0 Å². The van der Waals surface area contributed by atoms with Crippen LogP contribution < -0.4 is 5.32 Å². The maximum Gasteiger partial charge on any atom is 0.355 e. The van der Waals surface area contributed by atoms with Gasteiger partial charge in [0.15, 0.2) is 0 Å². The van der Waals surface area contributed by atoms with E-state index in [1.165, 1.54) is 0 Å². The number of carbonyl (C=O) groups excluding carboxylic acids is 2. The van der Waals surface area contributed by atoms with Crippen LogP contribution in [0.1, 0.15) is 0 Å². The number of carbonyl (C=O) groups is 2. The average molecular weight is 165 g/mol. The Morgan fingerprint density at radius 2 is 1.45 bits per heavy atom. The number of hydrogen-bond acceptors (Lipinski definition) is 7. The van der Waals surface area contributed by atoms with Crippen molar-refractivity contribution in [3.8, 4) is 0 Å². The summed E-state index contributed by atoms with van der Waals surface area (Å²) in [5, 5.41) is 17.6. The molecular weight excluding hydrogens is 158 g/mol. The average Bonchev–Trinajstić information content (AvgIpc) is 2.04. The third-order valence-corrected chi connectivity index (χ3v) is 0.742. The van der Waals surface area contributed by atoms with Crippen LogP contribution >= 0.6 is 0 Å². The van der Waals surface area contributed by atoms with Gasteiger partial charge in [-0.1, -0.05) is 0 Å². The highest BCUT2D eigenvalue weighted by Crippen LogP contribution is 1.71. The van der Waals surface area contributed by atoms with E-state index < -0.39 is 11.9 Å². The van der Waals surface area contributed by atoms with Gasteiger partial charge in [0.1, 0.15) is 0 Å². The van der Waals surface area contributed by atoms with Crippen molar-refractivity contribution in [2.75, 3.05) is 13.1 Å². The lowest BCUT2D eigenvalue weighted by molar-refractivity contribution is -0.235. The summed E-state index contributed by atoms with van der Waals surface area (Å²) in [7, 11) is 0. The summed E-state index contributed by atoms with van der Waals surface area (Å²) in [4.78, 5) is 26.8. The molecule has 0 amide bonds. The van der Waals surface area contributed by atoms with Gasteiger partial charge in [-0.2, -0.15) is 10.5 Å². The number of nitrogens with one attached hydrogen (secondary N) is 1. The van der Waals surface area contributed by atoms with E-state index in [0.717, 1.165) is 0 Å². The first kappa shape index (κ1) is 9.82. The van der Waals surface area contributed by atoms with Gasteiger partial charge in [-0.25, -0.2) is 9.59 Å². The van der Waals surface area contributed by atoms with Crippen molar-refractivity contribution in [3.05, 3.63) is 0 Å². The summed E-state index contributed by atoms with van der Waals surface area (Å²) in [5.74, 6) is -1.87. The van der Waals surface area contributed by atoms with E-state index in [-0.39, 0.29) is 13.1 Å². The van der Waals surface area contributed by atoms with Crippen molar-refractivity contribution in [1.82, 2.24) is 5.32 Å². The monoisotopic (exact) mass is 165 g/mol. The van der Waals surface area contributed by atoms with Crippen LogP contribution in [0.25, 0.3) is 0 Å². The summed E-state index contributed by atoms with van der Waals surface area (Å²) < 4.78 is 0. The normalized spacial score (nSPS) is 8.91. The predicted molar refractivity (Wildman–Crippen MR) is 30.3 cm³/mol. The topological polar surface area (TPSA) is 105 Å². The van der Waals surface area contributed by atoms with E-state index in [0.29, 0.717) is 0 Å². The van der Waals surface area contributed by atoms with Gasteiger partial charge in [0.2, 0.25) is 0 Å². The van der Waals surface area contributed by atoms with Gasteiger partial charge in [0, 0.05) is 0 Å². The van der Waals surface area contributed by atoms with Crippen molar-refractivity contribution < 1.29 is 29.9 Å². The second-order valence-electron chi connectivity index (χ2n) is 1.53. The lowest BCUT2D eigenvalue weighted by atomic mass is 10.6. The Morgan fingerprint density at radius 1 is 1.09 bits per heavy atom. The van der Waals surface area contributed by atoms with Crippen molar-refractivity contribution in [2.45, 2.75) is 0 Å². The number of hydrogen-bond donors (Lipinski definition) is 3. The largest absolute Gasteiger partial charge is 0.355 e. The first-order chi connectivity index (χ1) is 5.20. The van der Waals surface area contributed by atoms with Gasteiger partial charge in [-0.15, -0.1) is 0 Å². The van der Waals surface area contributed by atoms with Crippen molar-refractivity contribution >= 4 is 11.9 Å². The van der Waals surface area contributed by atoms with Gasteiger partial charge >= 0.3 is 11.9 Å². The second-order valence-corrected chi connectivity index (χ2v) is 1.53. The fraction of sp³-hybridized carbons (Fsp3) is 0.500. The molecule has 0 bridgehead atoms. The van der Waals surface area contributed by atoms with Crippen molar-refractivity contribution in [1.29, 1.82) is 0 Å². The molecule has 0 radical (unpaired) electrons. The summed E-state index contributed by atoms with van der Waals surface area (Å²) in [6.45, 7) is -0.683. The molecule has 0 heterocycles. The van der Waals surface area contributed by atoms with E-state index in [9.17, 15) is 9.59 Å². The summed E-state index contributed by atoms with van der Waals surface area (Å²) in [6, 6.07) is 0. The minimum Gasteiger partial charge on any atom is -0.300 e. The Kier molecular flexibility index (Phi) is 4.99. The minimum absolute atomic E-state index is 0.342. The maximum absolute atomic E-state index is 10.1. The van der Waals surface area contributed by atoms with E-state index in [2.05, 4.69) is 15.1 Å². The van der Waals surface area contributed by atoms with Gasteiger partial charge in [0.05, 0.1) is 13.1 Å². The molecule has 3 N–H and O–H groups in total. The van der Waals surface area contributed by atoms with Gasteiger partial charge in [0.25, 0.3) is 0 Å². The zero-order valence-corrected chi connectivity index (χ0v) is 5.44. The van der Waals surface area contributed by atoms with Gasteiger partial charge in [-0.05, 0) is 0 Å². The van der Waals surface area contributed by atoms with Crippen LogP contribution in [-0.4, -0.2) is 35.5 Å². The summed E-state index contributed by atoms with van der Waals surface area (Å²) in [5.41, 5.74) is 0. The molecular formula is C4H7NO6. The molecule has 0 saturated heterocycles. The molecule has 0 aliphatic rings. The highest BCUT2D eigenvalue weighted by Gasteiger charge is 2.04. The molecule has 0 aromatic carbocycles. The van der Waals surface area contributed by atoms with Gasteiger partial charge < -0.3 is 0 Å². The summed E-state index contributed by atoms with van der Waals surface area (Å²) >= 11 is 0. The SMILES string of the molecule is O=C(CNCC(=O)OO)OO. The van der Waals surface area contributed by atoms with Crippen molar-refractivity contribution in [2.24, 2.45) is 0 Å². The third kappa shape index (κ3) is 5.27. The molecule has 0 unspecified atom stereocenters. The molecule has 0 aliphatic heterocycles. The van der Waals surface area contributed by atoms with E-state index >= 15 is 0 Å². The van der Waals surface area contributed by atoms with Crippen LogP contribution in [0.2, 0.25) is 0 Å². The highest BCUT2D eigenvalue weighted by atomic mass is 17.1. The quantitative estimate of drug-likeness (QED) is 0.347. The van der Waals surface area contributed by atoms with Crippen LogP contribution in [0.5, 0.6) is 0 Å². The first-order valence-corrected chi connectivity index (χ1v) is 2.60. The Bertz CT molecular complexity index is 130. The van der Waals surface area contributed by atoms with E-state index in [1.54, 1.807) is 0 Å². The standard InChI is InChI=1S/C4H7NO6/c6-3(10-8)1-5-2-4(7)11-9/h5,8-9H,1-2H2. The molecule has 64 valence electrons. The molecule has 0 spiro atoms. The fourth-order valence-corrected chi connectivity index (χ4v) is 0.331. The lowest BCUT2D eigenvalue weighted by Crippen LogP contribution is -2.29. The van der Waals surface area contributed by atoms with Crippen LogP contribution in [0.4, 0.5) is 0 Å². The lowest BCUT2D eigenvalue weighted by Gasteiger charge is -1.97. The Morgan fingerprint density at radius 3 is 1.73 bits per heavy atom. The molecule has 0 fully saturated rings. The predicted octanol–water partition coefficient (Wildman–Crippen LogP) is -1.39. The Balaban J connectivity index is 3.27. The van der Waals surface area contributed by atoms with Gasteiger partial charge in [-0.3, -0.25) is 15.1 Å². The molecule has 0 aromatic rings. The van der Waals surface area contributed by atoms with E-state index in [1.807, 2.05) is 0 Å². The molecule has 0 aliphatic carbocycles. The minimum atomic E-state index is -0.935. The molecule has 0 aromatic heterocycles. The Labute approximate surface area is 61.4 Å².